The van der Waals surface area contributed by atoms with Crippen molar-refractivity contribution in [1.29, 1.82) is 0 Å². The van der Waals surface area contributed by atoms with Gasteiger partial charge in [0, 0.05) is 5.88 Å². The third-order valence-corrected chi connectivity index (χ3v) is 0.977. The molecule has 0 fully saturated rings. The Labute approximate surface area is 61.2 Å². The zero-order chi connectivity index (χ0) is 7.11. The topological polar surface area (TPSA) is 0 Å². The Morgan fingerprint density at radius 3 is 2.89 bits per heavy atom. The van der Waals surface area contributed by atoms with E-state index in [4.69, 9.17) is 18.0 Å². The van der Waals surface area contributed by atoms with Crippen molar-refractivity contribution in [2.24, 2.45) is 0 Å². The Balaban J connectivity index is 3.72. The van der Waals surface area contributed by atoms with E-state index < -0.39 is 0 Å². The summed E-state index contributed by atoms with van der Waals surface area (Å²) in [5, 5.41) is 0. The van der Waals surface area contributed by atoms with Crippen LogP contribution in [0.5, 0.6) is 0 Å². The van der Waals surface area contributed by atoms with Gasteiger partial charge in [0.15, 0.2) is 0 Å². The first-order valence-electron chi connectivity index (χ1n) is 2.67. The molecule has 0 N–H and O–H groups in total. The highest BCUT2D eigenvalue weighted by molar-refractivity contribution is 6.18. The van der Waals surface area contributed by atoms with Crippen LogP contribution in [0, 0.1) is 12.3 Å². The van der Waals surface area contributed by atoms with E-state index in [9.17, 15) is 0 Å². The smallest absolute Gasteiger partial charge is 0.0407 e. The standard InChI is InChI=1S/C8H9Cl/c1-3-8(2)6-4-5-7-9/h1,4-6H,7H2,2H3/b5-4-,8-6-. The van der Waals surface area contributed by atoms with Crippen molar-refractivity contribution in [2.75, 3.05) is 5.88 Å². The lowest BCUT2D eigenvalue weighted by molar-refractivity contribution is 1.57. The molecule has 0 saturated heterocycles. The van der Waals surface area contributed by atoms with E-state index in [1.165, 1.54) is 0 Å². The summed E-state index contributed by atoms with van der Waals surface area (Å²) in [6.45, 7) is 1.87. The average molecular weight is 141 g/mol. The molecule has 0 nitrogen and oxygen atoms in total. The molecule has 0 saturated carbocycles. The second-order valence-corrected chi connectivity index (χ2v) is 1.89. The van der Waals surface area contributed by atoms with Gasteiger partial charge in [0.05, 0.1) is 0 Å². The second-order valence-electron chi connectivity index (χ2n) is 1.58. The lowest BCUT2D eigenvalue weighted by Gasteiger charge is -1.79. The van der Waals surface area contributed by atoms with Gasteiger partial charge >= 0.3 is 0 Å². The molecular formula is C8H9Cl. The van der Waals surface area contributed by atoms with Crippen molar-refractivity contribution >= 4 is 11.6 Å². The number of hydrogen-bond acceptors (Lipinski definition) is 0. The quantitative estimate of drug-likeness (QED) is 0.314. The maximum absolute atomic E-state index is 5.36. The minimum absolute atomic E-state index is 0.536. The van der Waals surface area contributed by atoms with Gasteiger partial charge in [-0.3, -0.25) is 0 Å². The van der Waals surface area contributed by atoms with Crippen LogP contribution in [-0.4, -0.2) is 5.88 Å². The van der Waals surface area contributed by atoms with Crippen molar-refractivity contribution in [2.45, 2.75) is 6.92 Å². The molecule has 0 heterocycles. The Hall–Kier alpha value is -0.670. The predicted octanol–water partition coefficient (Wildman–Crippen LogP) is 2.36. The zero-order valence-electron chi connectivity index (χ0n) is 5.39. The Morgan fingerprint density at radius 1 is 1.78 bits per heavy atom. The van der Waals surface area contributed by atoms with E-state index in [1.54, 1.807) is 0 Å². The van der Waals surface area contributed by atoms with Crippen molar-refractivity contribution < 1.29 is 0 Å². The average Bonchev–Trinajstić information content (AvgIpc) is 1.89. The fourth-order valence-electron chi connectivity index (χ4n) is 0.312. The van der Waals surface area contributed by atoms with Crippen molar-refractivity contribution in [1.82, 2.24) is 0 Å². The number of rotatable bonds is 2. The molecule has 0 amide bonds. The van der Waals surface area contributed by atoms with Crippen LogP contribution in [0.4, 0.5) is 0 Å². The highest BCUT2D eigenvalue weighted by Gasteiger charge is 1.72. The summed E-state index contributed by atoms with van der Waals surface area (Å²) < 4.78 is 0. The molecule has 0 aromatic heterocycles. The lowest BCUT2D eigenvalue weighted by Crippen LogP contribution is -1.64. The number of hydrogen-bond donors (Lipinski definition) is 0. The van der Waals surface area contributed by atoms with Gasteiger partial charge in [0.2, 0.25) is 0 Å². The predicted molar refractivity (Wildman–Crippen MR) is 42.5 cm³/mol. The summed E-state index contributed by atoms with van der Waals surface area (Å²) >= 11 is 5.36. The fraction of sp³-hybridized carbons (Fsp3) is 0.250. The minimum atomic E-state index is 0.536. The van der Waals surface area contributed by atoms with Gasteiger partial charge in [-0.2, -0.15) is 0 Å². The SMILES string of the molecule is C#C/C(C)=C\C=C/CCl. The van der Waals surface area contributed by atoms with Crippen LogP contribution < -0.4 is 0 Å². The molecule has 0 aliphatic carbocycles. The largest absolute Gasteiger partial charge is 0.122 e. The third kappa shape index (κ3) is 5.20. The summed E-state index contributed by atoms with van der Waals surface area (Å²) in [5.74, 6) is 3.03. The molecule has 0 rings (SSSR count). The number of allylic oxidation sites excluding steroid dienone is 4. The monoisotopic (exact) mass is 140 g/mol. The Bertz CT molecular complexity index is 158. The maximum Gasteiger partial charge on any atom is 0.0407 e. The first-order chi connectivity index (χ1) is 4.31. The fourth-order valence-corrected chi connectivity index (χ4v) is 0.415. The highest BCUT2D eigenvalue weighted by Crippen LogP contribution is 1.89. The molecule has 0 bridgehead atoms. The van der Waals surface area contributed by atoms with Crippen LogP contribution in [0.15, 0.2) is 23.8 Å². The maximum atomic E-state index is 5.36. The van der Waals surface area contributed by atoms with Gasteiger partial charge in [-0.05, 0) is 12.5 Å². The first kappa shape index (κ1) is 8.33. The number of halogens is 1. The lowest BCUT2D eigenvalue weighted by atomic mass is 10.3. The molecular weight excluding hydrogens is 132 g/mol. The van der Waals surface area contributed by atoms with E-state index in [0.29, 0.717) is 5.88 Å². The van der Waals surface area contributed by atoms with Gasteiger partial charge in [-0.1, -0.05) is 24.1 Å². The molecule has 0 atom stereocenters. The van der Waals surface area contributed by atoms with Crippen molar-refractivity contribution in [3.8, 4) is 12.3 Å². The van der Waals surface area contributed by atoms with Gasteiger partial charge < -0.3 is 0 Å². The molecule has 0 aromatic carbocycles. The zero-order valence-corrected chi connectivity index (χ0v) is 6.15. The van der Waals surface area contributed by atoms with E-state index >= 15 is 0 Å². The van der Waals surface area contributed by atoms with Crippen LogP contribution >= 0.6 is 11.6 Å². The molecule has 0 unspecified atom stereocenters. The first-order valence-corrected chi connectivity index (χ1v) is 3.20. The summed E-state index contributed by atoms with van der Waals surface area (Å²) in [5.41, 5.74) is 0.913. The van der Waals surface area contributed by atoms with E-state index in [-0.39, 0.29) is 0 Å². The summed E-state index contributed by atoms with van der Waals surface area (Å²) in [7, 11) is 0. The van der Waals surface area contributed by atoms with Crippen LogP contribution in [0.2, 0.25) is 0 Å². The molecule has 1 heteroatoms. The summed E-state index contributed by atoms with van der Waals surface area (Å²) in [6, 6.07) is 0. The van der Waals surface area contributed by atoms with Gasteiger partial charge in [-0.25, -0.2) is 0 Å². The van der Waals surface area contributed by atoms with Crippen LogP contribution in [0.3, 0.4) is 0 Å². The minimum Gasteiger partial charge on any atom is -0.122 e. The molecule has 9 heavy (non-hydrogen) atoms. The van der Waals surface area contributed by atoms with E-state index in [0.717, 1.165) is 5.57 Å². The van der Waals surface area contributed by atoms with Crippen LogP contribution in [0.25, 0.3) is 0 Å². The molecule has 48 valence electrons. The van der Waals surface area contributed by atoms with Crippen molar-refractivity contribution in [3.05, 3.63) is 23.8 Å². The molecule has 0 spiro atoms. The van der Waals surface area contributed by atoms with E-state index in [2.05, 4.69) is 5.92 Å². The molecule has 0 aliphatic heterocycles. The molecule has 0 aliphatic rings. The Morgan fingerprint density at radius 2 is 2.44 bits per heavy atom. The summed E-state index contributed by atoms with van der Waals surface area (Å²) in [6.07, 6.45) is 10.6. The second kappa shape index (κ2) is 5.47. The normalized spacial score (nSPS) is 11.9. The summed E-state index contributed by atoms with van der Waals surface area (Å²) in [4.78, 5) is 0. The number of alkyl halides is 1. The molecule has 0 aromatic rings. The Kier molecular flexibility index (Phi) is 5.06. The highest BCUT2D eigenvalue weighted by atomic mass is 35.5. The van der Waals surface area contributed by atoms with E-state index in [1.807, 2.05) is 25.2 Å². The van der Waals surface area contributed by atoms with Gasteiger partial charge in [0.25, 0.3) is 0 Å². The van der Waals surface area contributed by atoms with Gasteiger partial charge in [0.1, 0.15) is 0 Å². The van der Waals surface area contributed by atoms with Gasteiger partial charge in [-0.15, -0.1) is 18.0 Å². The van der Waals surface area contributed by atoms with Crippen LogP contribution in [0.1, 0.15) is 6.92 Å². The third-order valence-electron chi connectivity index (χ3n) is 0.799. The van der Waals surface area contributed by atoms with Crippen molar-refractivity contribution in [3.63, 3.8) is 0 Å². The van der Waals surface area contributed by atoms with Crippen LogP contribution in [-0.2, 0) is 0 Å². The molecule has 0 radical (unpaired) electrons. The number of terminal acetylenes is 1.